The molecule has 3 aromatic rings. The van der Waals surface area contributed by atoms with E-state index in [2.05, 4.69) is 5.32 Å². The lowest BCUT2D eigenvalue weighted by Gasteiger charge is -2.25. The van der Waals surface area contributed by atoms with Crippen molar-refractivity contribution in [1.29, 1.82) is 0 Å². The van der Waals surface area contributed by atoms with Crippen molar-refractivity contribution in [2.45, 2.75) is 25.3 Å². The molecule has 3 rings (SSSR count). The summed E-state index contributed by atoms with van der Waals surface area (Å²) in [6.45, 7) is 3.38. The number of ether oxygens (including phenoxy) is 2. The van der Waals surface area contributed by atoms with Crippen LogP contribution in [0, 0.1) is 6.92 Å². The number of carbonyl (C=O) groups is 1. The van der Waals surface area contributed by atoms with Crippen LogP contribution in [0.1, 0.15) is 18.1 Å². The highest BCUT2D eigenvalue weighted by molar-refractivity contribution is 7.92. The van der Waals surface area contributed by atoms with Crippen LogP contribution < -0.4 is 19.1 Å². The average molecular weight is 455 g/mol. The van der Waals surface area contributed by atoms with Crippen LogP contribution in [-0.2, 0) is 21.4 Å². The van der Waals surface area contributed by atoms with Crippen LogP contribution in [-0.4, -0.2) is 28.5 Å². The molecule has 0 spiro atoms. The largest absolute Gasteiger partial charge is 0.497 e. The average Bonchev–Trinajstić information content (AvgIpc) is 2.77. The molecule has 0 saturated heterocycles. The van der Waals surface area contributed by atoms with E-state index in [1.807, 2.05) is 25.1 Å². The number of carbonyl (C=O) groups excluding carboxylic acids is 1. The first-order valence-electron chi connectivity index (χ1n) is 9.92. The molecule has 0 heterocycles. The Morgan fingerprint density at radius 1 is 0.938 bits per heavy atom. The molecule has 3 aromatic carbocycles. The van der Waals surface area contributed by atoms with Crippen LogP contribution in [0.5, 0.6) is 11.5 Å². The number of nitrogens with one attached hydrogen (secondary N) is 1. The van der Waals surface area contributed by atoms with Crippen molar-refractivity contribution in [2.24, 2.45) is 0 Å². The normalized spacial score (nSPS) is 11.0. The number of sulfonamides is 1. The number of nitrogens with zero attached hydrogens (tertiary/aromatic N) is 1. The summed E-state index contributed by atoms with van der Waals surface area (Å²) in [6, 6.07) is 18.7. The van der Waals surface area contributed by atoms with Gasteiger partial charge in [0, 0.05) is 18.7 Å². The van der Waals surface area contributed by atoms with Gasteiger partial charge in [0.25, 0.3) is 10.0 Å². The molecule has 0 aromatic heterocycles. The minimum absolute atomic E-state index is 0.0762. The van der Waals surface area contributed by atoms with Crippen molar-refractivity contribution >= 4 is 27.3 Å². The second kappa shape index (κ2) is 9.74. The Bertz CT molecular complexity index is 1190. The van der Waals surface area contributed by atoms with E-state index in [9.17, 15) is 13.2 Å². The van der Waals surface area contributed by atoms with E-state index < -0.39 is 10.0 Å². The molecule has 0 aliphatic carbocycles. The molecule has 8 heteroatoms. The van der Waals surface area contributed by atoms with Crippen LogP contribution in [0.25, 0.3) is 0 Å². The number of hydrogen-bond acceptors (Lipinski definition) is 5. The van der Waals surface area contributed by atoms with Gasteiger partial charge in [-0.15, -0.1) is 0 Å². The number of amides is 1. The monoisotopic (exact) mass is 454 g/mol. The number of rotatable bonds is 8. The SMILES string of the molecule is COc1cc(CN(c2cccc(C)c2)S(=O)(=O)c2ccc(NC(C)=O)cc2)cc(OC)c1. The molecule has 0 aliphatic rings. The summed E-state index contributed by atoms with van der Waals surface area (Å²) in [6.07, 6.45) is 0. The molecule has 1 amide bonds. The molecule has 0 fully saturated rings. The van der Waals surface area contributed by atoms with Crippen molar-refractivity contribution in [1.82, 2.24) is 0 Å². The molecule has 32 heavy (non-hydrogen) atoms. The van der Waals surface area contributed by atoms with E-state index >= 15 is 0 Å². The zero-order valence-electron chi connectivity index (χ0n) is 18.5. The van der Waals surface area contributed by atoms with Gasteiger partial charge in [-0.1, -0.05) is 12.1 Å². The van der Waals surface area contributed by atoms with Crippen molar-refractivity contribution in [2.75, 3.05) is 23.8 Å². The molecule has 1 N–H and O–H groups in total. The molecular formula is C24H26N2O5S. The van der Waals surface area contributed by atoms with E-state index in [1.54, 1.807) is 50.6 Å². The maximum absolute atomic E-state index is 13.7. The first-order chi connectivity index (χ1) is 15.2. The van der Waals surface area contributed by atoms with Crippen LogP contribution >= 0.6 is 0 Å². The van der Waals surface area contributed by atoms with Gasteiger partial charge < -0.3 is 14.8 Å². The minimum atomic E-state index is -3.91. The Morgan fingerprint density at radius 3 is 2.09 bits per heavy atom. The topological polar surface area (TPSA) is 84.9 Å². The second-order valence-corrected chi connectivity index (χ2v) is 9.14. The van der Waals surface area contributed by atoms with E-state index in [0.29, 0.717) is 28.4 Å². The third-order valence-electron chi connectivity index (χ3n) is 4.79. The van der Waals surface area contributed by atoms with Crippen molar-refractivity contribution < 1.29 is 22.7 Å². The molecule has 0 saturated carbocycles. The maximum atomic E-state index is 13.7. The van der Waals surface area contributed by atoms with Gasteiger partial charge in [-0.05, 0) is 66.6 Å². The quantitative estimate of drug-likeness (QED) is 0.546. The van der Waals surface area contributed by atoms with Gasteiger partial charge in [0.1, 0.15) is 11.5 Å². The standard InChI is InChI=1S/C24H26N2O5S/c1-17-6-5-7-21(12-17)26(16-19-13-22(30-3)15-23(14-19)31-4)32(28,29)24-10-8-20(9-11-24)25-18(2)27/h5-15H,16H2,1-4H3,(H,25,27). The van der Waals surface area contributed by atoms with Gasteiger partial charge in [-0.25, -0.2) is 8.42 Å². The predicted octanol–water partition coefficient (Wildman–Crippen LogP) is 4.37. The van der Waals surface area contributed by atoms with Gasteiger partial charge in [0.15, 0.2) is 0 Å². The summed E-state index contributed by atoms with van der Waals surface area (Å²) in [5.41, 5.74) is 2.71. The smallest absolute Gasteiger partial charge is 0.264 e. The Hall–Kier alpha value is -3.52. The van der Waals surface area contributed by atoms with Crippen LogP contribution in [0.3, 0.4) is 0 Å². The summed E-state index contributed by atoms with van der Waals surface area (Å²) in [5, 5.41) is 2.64. The maximum Gasteiger partial charge on any atom is 0.264 e. The second-order valence-electron chi connectivity index (χ2n) is 7.28. The van der Waals surface area contributed by atoms with E-state index in [0.717, 1.165) is 5.56 Å². The van der Waals surface area contributed by atoms with Crippen molar-refractivity contribution in [3.8, 4) is 11.5 Å². The van der Waals surface area contributed by atoms with E-state index in [1.165, 1.54) is 23.4 Å². The fourth-order valence-electron chi connectivity index (χ4n) is 3.26. The molecule has 7 nitrogen and oxygen atoms in total. The van der Waals surface area contributed by atoms with Crippen LogP contribution in [0.15, 0.2) is 71.6 Å². The molecule has 168 valence electrons. The zero-order valence-corrected chi connectivity index (χ0v) is 19.3. The van der Waals surface area contributed by atoms with E-state index in [4.69, 9.17) is 9.47 Å². The molecule has 0 radical (unpaired) electrons. The summed E-state index contributed by atoms with van der Waals surface area (Å²) in [4.78, 5) is 11.4. The highest BCUT2D eigenvalue weighted by Gasteiger charge is 2.26. The number of hydrogen-bond donors (Lipinski definition) is 1. The lowest BCUT2D eigenvalue weighted by atomic mass is 10.1. The lowest BCUT2D eigenvalue weighted by molar-refractivity contribution is -0.114. The highest BCUT2D eigenvalue weighted by atomic mass is 32.2. The lowest BCUT2D eigenvalue weighted by Crippen LogP contribution is -2.30. The first kappa shape index (κ1) is 23.1. The Morgan fingerprint density at radius 2 is 1.56 bits per heavy atom. The van der Waals surface area contributed by atoms with Crippen LogP contribution in [0.2, 0.25) is 0 Å². The zero-order chi connectivity index (χ0) is 23.3. The molecule has 0 unspecified atom stereocenters. The fourth-order valence-corrected chi connectivity index (χ4v) is 4.71. The summed E-state index contributed by atoms with van der Waals surface area (Å²) >= 11 is 0. The van der Waals surface area contributed by atoms with Crippen molar-refractivity contribution in [3.05, 3.63) is 77.9 Å². The summed E-state index contributed by atoms with van der Waals surface area (Å²) in [7, 11) is -0.823. The Kier molecular flexibility index (Phi) is 7.05. The molecule has 0 aliphatic heterocycles. The third-order valence-corrected chi connectivity index (χ3v) is 6.58. The summed E-state index contributed by atoms with van der Waals surface area (Å²) in [5.74, 6) is 0.912. The van der Waals surface area contributed by atoms with Gasteiger partial charge in [-0.2, -0.15) is 0 Å². The molecular weight excluding hydrogens is 428 g/mol. The van der Waals surface area contributed by atoms with Gasteiger partial charge in [0.05, 0.1) is 31.3 Å². The molecule has 0 bridgehead atoms. The third kappa shape index (κ3) is 5.39. The molecule has 0 atom stereocenters. The minimum Gasteiger partial charge on any atom is -0.497 e. The number of anilines is 2. The predicted molar refractivity (Wildman–Crippen MR) is 125 cm³/mol. The number of aryl methyl sites for hydroxylation is 1. The van der Waals surface area contributed by atoms with Gasteiger partial charge in [0.2, 0.25) is 5.91 Å². The Balaban J connectivity index is 2.06. The Labute approximate surface area is 188 Å². The van der Waals surface area contributed by atoms with Crippen molar-refractivity contribution in [3.63, 3.8) is 0 Å². The number of benzene rings is 3. The first-order valence-corrected chi connectivity index (χ1v) is 11.4. The van der Waals surface area contributed by atoms with Gasteiger partial charge >= 0.3 is 0 Å². The highest BCUT2D eigenvalue weighted by Crippen LogP contribution is 2.30. The number of methoxy groups -OCH3 is 2. The summed E-state index contributed by atoms with van der Waals surface area (Å²) < 4.78 is 39.4. The van der Waals surface area contributed by atoms with E-state index in [-0.39, 0.29) is 17.3 Å². The van der Waals surface area contributed by atoms with Crippen LogP contribution in [0.4, 0.5) is 11.4 Å². The van der Waals surface area contributed by atoms with Gasteiger partial charge in [-0.3, -0.25) is 9.10 Å². The fraction of sp³-hybridized carbons (Fsp3) is 0.208.